The van der Waals surface area contributed by atoms with Gasteiger partial charge < -0.3 is 29.4 Å². The van der Waals surface area contributed by atoms with E-state index in [-0.39, 0.29) is 18.9 Å². The van der Waals surface area contributed by atoms with Crippen molar-refractivity contribution < 1.29 is 33.6 Å². The summed E-state index contributed by atoms with van der Waals surface area (Å²) in [5, 5.41) is 14.6. The largest absolute Gasteiger partial charge is 0.481 e. The predicted molar refractivity (Wildman–Crippen MR) is 101 cm³/mol. The summed E-state index contributed by atoms with van der Waals surface area (Å²) in [6.45, 7) is 4.06. The number of carbonyl (C=O) groups is 2. The zero-order chi connectivity index (χ0) is 20.7. The van der Waals surface area contributed by atoms with Crippen molar-refractivity contribution in [2.24, 2.45) is 5.11 Å². The first-order chi connectivity index (χ1) is 13.7. The van der Waals surface area contributed by atoms with E-state index >= 15 is 0 Å². The molecule has 0 aliphatic carbocycles. The highest BCUT2D eigenvalue weighted by atomic mass is 16.6. The number of amides is 1. The molecule has 0 aromatic rings. The Labute approximate surface area is 165 Å². The molecule has 0 radical (unpaired) electrons. The van der Waals surface area contributed by atoms with E-state index in [0.717, 1.165) is 19.3 Å². The Morgan fingerprint density at radius 1 is 0.821 bits per heavy atom. The van der Waals surface area contributed by atoms with Gasteiger partial charge in [-0.2, -0.15) is 0 Å². The Morgan fingerprint density at radius 3 is 1.96 bits per heavy atom. The fourth-order valence-electron chi connectivity index (χ4n) is 1.96. The normalized spacial score (nSPS) is 10.4. The third kappa shape index (κ3) is 22.1. The van der Waals surface area contributed by atoms with Gasteiger partial charge >= 0.3 is 5.97 Å². The van der Waals surface area contributed by atoms with Crippen molar-refractivity contribution in [2.75, 3.05) is 65.9 Å². The molecule has 11 heteroatoms. The van der Waals surface area contributed by atoms with Crippen molar-refractivity contribution in [3.8, 4) is 0 Å². The predicted octanol–water partition coefficient (Wildman–Crippen LogP) is 1.51. The molecule has 0 spiro atoms. The minimum Gasteiger partial charge on any atom is -0.481 e. The Bertz CT molecular complexity index is 445. The summed E-state index contributed by atoms with van der Waals surface area (Å²) in [6, 6.07) is 0. The van der Waals surface area contributed by atoms with Gasteiger partial charge in [-0.3, -0.25) is 9.59 Å². The Hall–Kier alpha value is -1.91. The van der Waals surface area contributed by atoms with E-state index in [2.05, 4.69) is 15.3 Å². The summed E-state index contributed by atoms with van der Waals surface area (Å²) >= 11 is 0. The molecule has 2 N–H and O–H groups in total. The lowest BCUT2D eigenvalue weighted by Gasteiger charge is -2.08. The van der Waals surface area contributed by atoms with Crippen LogP contribution in [0.1, 0.15) is 32.1 Å². The number of hydrogen-bond donors (Lipinski definition) is 2. The van der Waals surface area contributed by atoms with Gasteiger partial charge in [-0.25, -0.2) is 0 Å². The number of nitrogens with zero attached hydrogens (tertiary/aromatic N) is 3. The molecule has 0 atom stereocenters. The maximum Gasteiger partial charge on any atom is 0.305 e. The van der Waals surface area contributed by atoms with Crippen LogP contribution in [0, 0.1) is 0 Å². The van der Waals surface area contributed by atoms with Crippen LogP contribution in [0.25, 0.3) is 10.4 Å². The fraction of sp³-hybridized carbons (Fsp3) is 0.882. The van der Waals surface area contributed by atoms with E-state index in [1.807, 2.05) is 0 Å². The van der Waals surface area contributed by atoms with E-state index in [0.29, 0.717) is 65.8 Å². The molecule has 11 nitrogen and oxygen atoms in total. The topological polar surface area (TPSA) is 152 Å². The SMILES string of the molecule is [N-]=[N+]=NCCCCCC(=O)NCCOCCOCCOCCOCCC(=O)O. The summed E-state index contributed by atoms with van der Waals surface area (Å²) in [6.07, 6.45) is 2.89. The average Bonchev–Trinajstić information content (AvgIpc) is 2.67. The summed E-state index contributed by atoms with van der Waals surface area (Å²) in [5.41, 5.74) is 8.13. The molecule has 0 saturated carbocycles. The van der Waals surface area contributed by atoms with Gasteiger partial charge in [-0.1, -0.05) is 11.5 Å². The van der Waals surface area contributed by atoms with Gasteiger partial charge in [-0.15, -0.1) is 0 Å². The van der Waals surface area contributed by atoms with Gasteiger partial charge in [0.2, 0.25) is 5.91 Å². The molecular weight excluding hydrogens is 372 g/mol. The highest BCUT2D eigenvalue weighted by Gasteiger charge is 2.00. The van der Waals surface area contributed by atoms with Gasteiger partial charge in [0.15, 0.2) is 0 Å². The third-order valence-electron chi connectivity index (χ3n) is 3.37. The molecule has 1 amide bonds. The molecule has 0 aliphatic rings. The zero-order valence-corrected chi connectivity index (χ0v) is 16.3. The molecular formula is C17H32N4O7. The quantitative estimate of drug-likeness (QED) is 0.127. The van der Waals surface area contributed by atoms with Crippen LogP contribution >= 0.6 is 0 Å². The van der Waals surface area contributed by atoms with Crippen molar-refractivity contribution in [2.45, 2.75) is 32.1 Å². The van der Waals surface area contributed by atoms with Crippen molar-refractivity contribution in [1.82, 2.24) is 5.32 Å². The van der Waals surface area contributed by atoms with Gasteiger partial charge in [-0.05, 0) is 18.4 Å². The van der Waals surface area contributed by atoms with Gasteiger partial charge in [0.1, 0.15) is 0 Å². The van der Waals surface area contributed by atoms with Crippen LogP contribution in [0.5, 0.6) is 0 Å². The molecule has 28 heavy (non-hydrogen) atoms. The third-order valence-corrected chi connectivity index (χ3v) is 3.37. The fourth-order valence-corrected chi connectivity index (χ4v) is 1.96. The molecule has 0 rings (SSSR count). The van der Waals surface area contributed by atoms with Gasteiger partial charge in [0.05, 0.1) is 59.3 Å². The van der Waals surface area contributed by atoms with Crippen LogP contribution in [-0.2, 0) is 28.5 Å². The number of azide groups is 1. The number of unbranched alkanes of at least 4 members (excludes halogenated alkanes) is 2. The lowest BCUT2D eigenvalue weighted by Crippen LogP contribution is -2.27. The standard InChI is InChI=1S/C17H32N4O7/c18-21-20-6-3-1-2-4-16(22)19-7-9-26-11-13-28-15-14-27-12-10-25-8-5-17(23)24/h1-15H2,(H,19,22)(H,23,24). The van der Waals surface area contributed by atoms with E-state index in [9.17, 15) is 9.59 Å². The number of nitrogens with one attached hydrogen (secondary N) is 1. The monoisotopic (exact) mass is 404 g/mol. The number of rotatable bonds is 21. The highest BCUT2D eigenvalue weighted by Crippen LogP contribution is 2.00. The molecule has 0 aromatic heterocycles. The summed E-state index contributed by atoms with van der Waals surface area (Å²) in [7, 11) is 0. The first-order valence-corrected chi connectivity index (χ1v) is 9.47. The average molecular weight is 404 g/mol. The summed E-state index contributed by atoms with van der Waals surface area (Å²) in [5.74, 6) is -0.887. The van der Waals surface area contributed by atoms with E-state index in [1.165, 1.54) is 0 Å². The minimum absolute atomic E-state index is 0.00674. The molecule has 0 fully saturated rings. The van der Waals surface area contributed by atoms with E-state index in [1.54, 1.807) is 0 Å². The van der Waals surface area contributed by atoms with Gasteiger partial charge in [0.25, 0.3) is 0 Å². The summed E-state index contributed by atoms with van der Waals surface area (Å²) < 4.78 is 21.0. The van der Waals surface area contributed by atoms with E-state index in [4.69, 9.17) is 29.6 Å². The first-order valence-electron chi connectivity index (χ1n) is 9.47. The smallest absolute Gasteiger partial charge is 0.305 e. The Kier molecular flexibility index (Phi) is 19.9. The van der Waals surface area contributed by atoms with Crippen LogP contribution < -0.4 is 5.32 Å². The molecule has 0 aliphatic heterocycles. The number of carboxylic acid groups (broad SMARTS) is 1. The van der Waals surface area contributed by atoms with Crippen molar-refractivity contribution >= 4 is 11.9 Å². The molecule has 0 heterocycles. The first kappa shape index (κ1) is 26.1. The van der Waals surface area contributed by atoms with Crippen LogP contribution in [0.2, 0.25) is 0 Å². The van der Waals surface area contributed by atoms with E-state index < -0.39 is 5.97 Å². The second-order valence-corrected chi connectivity index (χ2v) is 5.71. The van der Waals surface area contributed by atoms with Crippen molar-refractivity contribution in [3.05, 3.63) is 10.4 Å². The lowest BCUT2D eigenvalue weighted by molar-refractivity contribution is -0.138. The number of hydrogen-bond acceptors (Lipinski definition) is 7. The Balaban J connectivity index is 3.15. The second-order valence-electron chi connectivity index (χ2n) is 5.71. The van der Waals surface area contributed by atoms with Gasteiger partial charge in [0, 0.05) is 24.4 Å². The minimum atomic E-state index is -0.880. The molecule has 0 aromatic carbocycles. The molecule has 0 bridgehead atoms. The summed E-state index contributed by atoms with van der Waals surface area (Å²) in [4.78, 5) is 24.5. The number of carbonyl (C=O) groups excluding carboxylic acids is 1. The molecule has 162 valence electrons. The van der Waals surface area contributed by atoms with Crippen LogP contribution in [0.4, 0.5) is 0 Å². The number of aliphatic carboxylic acids is 1. The molecule has 0 unspecified atom stereocenters. The second kappa shape index (κ2) is 21.4. The molecule has 0 saturated heterocycles. The van der Waals surface area contributed by atoms with Crippen molar-refractivity contribution in [1.29, 1.82) is 0 Å². The van der Waals surface area contributed by atoms with Crippen LogP contribution in [0.3, 0.4) is 0 Å². The number of carboxylic acids is 1. The maximum atomic E-state index is 11.6. The van der Waals surface area contributed by atoms with Crippen molar-refractivity contribution in [3.63, 3.8) is 0 Å². The van der Waals surface area contributed by atoms with Crippen LogP contribution in [0.15, 0.2) is 5.11 Å². The Morgan fingerprint density at radius 2 is 1.39 bits per heavy atom. The highest BCUT2D eigenvalue weighted by molar-refractivity contribution is 5.75. The number of ether oxygens (including phenoxy) is 4. The zero-order valence-electron chi connectivity index (χ0n) is 16.3. The maximum absolute atomic E-state index is 11.6. The van der Waals surface area contributed by atoms with Crippen LogP contribution in [-0.4, -0.2) is 82.9 Å². The lowest BCUT2D eigenvalue weighted by atomic mass is 10.2.